The Balaban J connectivity index is 1.26. The van der Waals surface area contributed by atoms with E-state index in [0.29, 0.717) is 25.0 Å². The van der Waals surface area contributed by atoms with Crippen LogP contribution in [0.5, 0.6) is 0 Å². The maximum absolute atomic E-state index is 11.7. The average Bonchev–Trinajstić information content (AvgIpc) is 3.15. The molecule has 0 aromatic carbocycles. The van der Waals surface area contributed by atoms with Crippen LogP contribution in [0.15, 0.2) is 24.8 Å². The Morgan fingerprint density at radius 2 is 2.08 bits per heavy atom. The van der Waals surface area contributed by atoms with E-state index in [1.165, 1.54) is 18.5 Å². The van der Waals surface area contributed by atoms with Gasteiger partial charge in [0.05, 0.1) is 17.9 Å². The van der Waals surface area contributed by atoms with Crippen LogP contribution < -0.4 is 15.1 Å². The van der Waals surface area contributed by atoms with Gasteiger partial charge in [0.25, 0.3) is 0 Å². The fraction of sp³-hybridized carbons (Fsp3) is 0.500. The van der Waals surface area contributed by atoms with Crippen LogP contribution in [0.1, 0.15) is 30.5 Å². The van der Waals surface area contributed by atoms with Crippen molar-refractivity contribution in [2.75, 3.05) is 36.0 Å². The first-order valence-electron chi connectivity index (χ1n) is 8.44. The van der Waals surface area contributed by atoms with Crippen molar-refractivity contribution in [2.45, 2.75) is 24.8 Å². The maximum atomic E-state index is 11.7. The monoisotopic (exact) mass is 325 g/mol. The lowest BCUT2D eigenvalue weighted by atomic mass is 10.1. The van der Waals surface area contributed by atoms with E-state index < -0.39 is 0 Å². The molecule has 2 aromatic rings. The van der Waals surface area contributed by atoms with Gasteiger partial charge in [0, 0.05) is 50.1 Å². The molecule has 1 N–H and O–H groups in total. The van der Waals surface area contributed by atoms with Crippen molar-refractivity contribution in [3.8, 4) is 0 Å². The van der Waals surface area contributed by atoms with Crippen LogP contribution in [0.2, 0.25) is 0 Å². The number of amides is 2. The number of hydrogen-bond donors (Lipinski definition) is 1. The molecule has 0 unspecified atom stereocenters. The summed E-state index contributed by atoms with van der Waals surface area (Å²) in [5, 5.41) is 7.25. The second kappa shape index (κ2) is 5.19. The van der Waals surface area contributed by atoms with Gasteiger partial charge >= 0.3 is 6.03 Å². The zero-order chi connectivity index (χ0) is 16.1. The van der Waals surface area contributed by atoms with E-state index in [4.69, 9.17) is 0 Å². The average molecular weight is 325 g/mol. The van der Waals surface area contributed by atoms with Crippen molar-refractivity contribution in [1.82, 2.24) is 25.1 Å². The smallest absolute Gasteiger partial charge is 0.322 e. The molecule has 0 atom stereocenters. The highest BCUT2D eigenvalue weighted by molar-refractivity contribution is 5.93. The highest BCUT2D eigenvalue weighted by atomic mass is 16.2. The summed E-state index contributed by atoms with van der Waals surface area (Å²) in [6.07, 6.45) is 7.90. The molecular weight excluding hydrogens is 306 g/mol. The number of carbonyl (C=O) groups excluding carboxylic acids is 1. The van der Waals surface area contributed by atoms with Gasteiger partial charge in [-0.1, -0.05) is 0 Å². The molecule has 4 heterocycles. The van der Waals surface area contributed by atoms with Crippen molar-refractivity contribution in [2.24, 2.45) is 0 Å². The van der Waals surface area contributed by atoms with Gasteiger partial charge in [-0.05, 0) is 12.8 Å². The van der Waals surface area contributed by atoms with E-state index in [1.54, 1.807) is 17.4 Å². The van der Waals surface area contributed by atoms with Crippen molar-refractivity contribution in [3.05, 3.63) is 30.5 Å². The molecule has 0 spiro atoms. The van der Waals surface area contributed by atoms with Gasteiger partial charge in [-0.15, -0.1) is 0 Å². The van der Waals surface area contributed by atoms with E-state index in [9.17, 15) is 4.79 Å². The Morgan fingerprint density at radius 1 is 1.21 bits per heavy atom. The van der Waals surface area contributed by atoms with Crippen molar-refractivity contribution >= 4 is 17.5 Å². The van der Waals surface area contributed by atoms with Gasteiger partial charge in [-0.25, -0.2) is 14.8 Å². The Bertz CT molecular complexity index is 778. The third-order valence-corrected chi connectivity index (χ3v) is 4.99. The third-order valence-electron chi connectivity index (χ3n) is 4.99. The van der Waals surface area contributed by atoms with Crippen LogP contribution in [0, 0.1) is 0 Å². The van der Waals surface area contributed by atoms with Crippen LogP contribution in [0.4, 0.5) is 16.3 Å². The van der Waals surface area contributed by atoms with Gasteiger partial charge < -0.3 is 10.2 Å². The third kappa shape index (κ3) is 2.29. The normalized spacial score (nSPS) is 21.1. The van der Waals surface area contributed by atoms with Gasteiger partial charge in [0.15, 0.2) is 0 Å². The first kappa shape index (κ1) is 13.8. The summed E-state index contributed by atoms with van der Waals surface area (Å²) in [5.41, 5.74) is 2.03. The molecule has 3 fully saturated rings. The van der Waals surface area contributed by atoms with E-state index in [0.717, 1.165) is 24.6 Å². The molecule has 8 nitrogen and oxygen atoms in total. The number of urea groups is 1. The van der Waals surface area contributed by atoms with Gasteiger partial charge in [0.2, 0.25) is 0 Å². The van der Waals surface area contributed by atoms with E-state index in [1.807, 2.05) is 10.9 Å². The number of anilines is 2. The Kier molecular flexibility index (Phi) is 2.97. The minimum absolute atomic E-state index is 0.0432. The molecule has 3 aliphatic rings. The zero-order valence-corrected chi connectivity index (χ0v) is 13.3. The van der Waals surface area contributed by atoms with Gasteiger partial charge in [0.1, 0.15) is 12.1 Å². The summed E-state index contributed by atoms with van der Waals surface area (Å²) in [6.45, 7) is 3.16. The first-order valence-corrected chi connectivity index (χ1v) is 8.44. The van der Waals surface area contributed by atoms with Crippen molar-refractivity contribution in [3.63, 3.8) is 0 Å². The lowest BCUT2D eigenvalue weighted by Crippen LogP contribution is -2.48. The summed E-state index contributed by atoms with van der Waals surface area (Å²) in [5.74, 6) is 1.65. The van der Waals surface area contributed by atoms with Crippen LogP contribution in [-0.4, -0.2) is 52.0 Å². The minimum Gasteiger partial charge on any atom is -0.352 e. The lowest BCUT2D eigenvalue weighted by Gasteiger charge is -2.40. The van der Waals surface area contributed by atoms with E-state index in [-0.39, 0.29) is 6.03 Å². The van der Waals surface area contributed by atoms with E-state index >= 15 is 0 Å². The molecule has 2 aliphatic heterocycles. The van der Waals surface area contributed by atoms with Crippen molar-refractivity contribution < 1.29 is 4.79 Å². The second-order valence-electron chi connectivity index (χ2n) is 6.70. The largest absolute Gasteiger partial charge is 0.352 e. The molecular formula is C16H19N7O. The van der Waals surface area contributed by atoms with Gasteiger partial charge in [-0.2, -0.15) is 5.10 Å². The molecule has 0 radical (unpaired) electrons. The molecule has 1 aliphatic carbocycles. The fourth-order valence-electron chi connectivity index (χ4n) is 3.33. The SMILES string of the molecule is O=C1NCCN1c1cnn(C2CN(c3cc(C4CC4)ncn3)C2)c1. The van der Waals surface area contributed by atoms with Gasteiger partial charge in [-0.3, -0.25) is 9.58 Å². The molecule has 1 saturated carbocycles. The summed E-state index contributed by atoms with van der Waals surface area (Å²) < 4.78 is 1.96. The fourth-order valence-corrected chi connectivity index (χ4v) is 3.33. The lowest BCUT2D eigenvalue weighted by molar-refractivity contribution is 0.252. The molecule has 5 rings (SSSR count). The Morgan fingerprint density at radius 3 is 2.83 bits per heavy atom. The highest BCUT2D eigenvalue weighted by Gasteiger charge is 2.32. The topological polar surface area (TPSA) is 79.2 Å². The van der Waals surface area contributed by atoms with Crippen LogP contribution >= 0.6 is 0 Å². The Labute approximate surface area is 139 Å². The van der Waals surface area contributed by atoms with Crippen LogP contribution in [0.25, 0.3) is 0 Å². The molecule has 2 aromatic heterocycles. The number of hydrogen-bond acceptors (Lipinski definition) is 5. The number of rotatable bonds is 4. The molecule has 124 valence electrons. The maximum Gasteiger partial charge on any atom is 0.322 e. The molecule has 24 heavy (non-hydrogen) atoms. The minimum atomic E-state index is -0.0432. The molecule has 2 amide bonds. The van der Waals surface area contributed by atoms with Crippen LogP contribution in [0.3, 0.4) is 0 Å². The summed E-state index contributed by atoms with van der Waals surface area (Å²) >= 11 is 0. The van der Waals surface area contributed by atoms with Crippen molar-refractivity contribution in [1.29, 1.82) is 0 Å². The Hall–Kier alpha value is -2.64. The quantitative estimate of drug-likeness (QED) is 0.912. The molecule has 2 saturated heterocycles. The highest BCUT2D eigenvalue weighted by Crippen LogP contribution is 2.40. The summed E-state index contributed by atoms with van der Waals surface area (Å²) in [7, 11) is 0. The second-order valence-corrected chi connectivity index (χ2v) is 6.70. The molecule has 8 heteroatoms. The number of nitrogens with zero attached hydrogens (tertiary/aromatic N) is 6. The predicted octanol–water partition coefficient (Wildman–Crippen LogP) is 1.14. The first-order chi connectivity index (χ1) is 11.8. The summed E-state index contributed by atoms with van der Waals surface area (Å²) in [6, 6.07) is 2.40. The number of nitrogens with one attached hydrogen (secondary N) is 1. The zero-order valence-electron chi connectivity index (χ0n) is 13.3. The van der Waals surface area contributed by atoms with E-state index in [2.05, 4.69) is 31.3 Å². The summed E-state index contributed by atoms with van der Waals surface area (Å²) in [4.78, 5) is 24.5. The number of carbonyl (C=O) groups is 1. The molecule has 0 bridgehead atoms. The number of aromatic nitrogens is 4. The predicted molar refractivity (Wildman–Crippen MR) is 88.2 cm³/mol. The van der Waals surface area contributed by atoms with Crippen LogP contribution in [-0.2, 0) is 0 Å². The standard InChI is InChI=1S/C16H19N7O/c24-16-17-3-4-22(16)12-6-20-23(9-12)13-7-21(8-13)15-5-14(11-1-2-11)18-10-19-15/h5-6,9-11,13H,1-4,7-8H2,(H,17,24).